The fourth-order valence-corrected chi connectivity index (χ4v) is 1.96. The van der Waals surface area contributed by atoms with Crippen molar-refractivity contribution in [3.8, 4) is 5.75 Å². The van der Waals surface area contributed by atoms with Crippen molar-refractivity contribution in [3.63, 3.8) is 0 Å². The zero-order valence-corrected chi connectivity index (χ0v) is 12.4. The van der Waals surface area contributed by atoms with Gasteiger partial charge in [0, 0.05) is 6.04 Å². The van der Waals surface area contributed by atoms with Crippen molar-refractivity contribution in [1.82, 2.24) is 5.32 Å². The molecule has 0 aromatic heterocycles. The Morgan fingerprint density at radius 3 is 2.68 bits per heavy atom. The predicted octanol–water partition coefficient (Wildman–Crippen LogP) is 3.32. The van der Waals surface area contributed by atoms with Gasteiger partial charge in [-0.05, 0) is 44.4 Å². The molecule has 1 amide bonds. The molecule has 0 saturated heterocycles. The first-order valence-corrected chi connectivity index (χ1v) is 7.12. The van der Waals surface area contributed by atoms with Crippen molar-refractivity contribution >= 4 is 5.91 Å². The van der Waals surface area contributed by atoms with Crippen LogP contribution in [0.4, 0.5) is 0 Å². The van der Waals surface area contributed by atoms with Crippen LogP contribution in [0.3, 0.4) is 0 Å². The van der Waals surface area contributed by atoms with Crippen LogP contribution < -0.4 is 10.1 Å². The van der Waals surface area contributed by atoms with Gasteiger partial charge in [0.1, 0.15) is 5.75 Å². The molecule has 1 aromatic carbocycles. The summed E-state index contributed by atoms with van der Waals surface area (Å²) in [6.07, 6.45) is 2.55. The summed E-state index contributed by atoms with van der Waals surface area (Å²) in [7, 11) is 0. The molecule has 0 saturated carbocycles. The quantitative estimate of drug-likeness (QED) is 0.819. The zero-order chi connectivity index (χ0) is 14.3. The molecule has 3 nitrogen and oxygen atoms in total. The first-order chi connectivity index (χ1) is 9.06. The van der Waals surface area contributed by atoms with Gasteiger partial charge in [0.25, 0.3) is 5.91 Å². The Morgan fingerprint density at radius 2 is 2.05 bits per heavy atom. The molecule has 1 N–H and O–H groups in total. The molecule has 0 fully saturated rings. The Kier molecular flexibility index (Phi) is 6.40. The van der Waals surface area contributed by atoms with Crippen molar-refractivity contribution in [2.45, 2.75) is 59.1 Å². The summed E-state index contributed by atoms with van der Waals surface area (Å²) in [5.41, 5.74) is 1.21. The van der Waals surface area contributed by atoms with Crippen LogP contribution in [0.1, 0.15) is 46.1 Å². The van der Waals surface area contributed by atoms with Gasteiger partial charge in [-0.15, -0.1) is 0 Å². The summed E-state index contributed by atoms with van der Waals surface area (Å²) in [6.45, 7) is 8.01. The number of hydrogen-bond donors (Lipinski definition) is 1. The van der Waals surface area contributed by atoms with Crippen LogP contribution in [0.15, 0.2) is 24.3 Å². The average molecular weight is 263 g/mol. The normalized spacial score (nSPS) is 13.7. The monoisotopic (exact) mass is 263 g/mol. The summed E-state index contributed by atoms with van der Waals surface area (Å²) >= 11 is 0. The van der Waals surface area contributed by atoms with Crippen molar-refractivity contribution < 1.29 is 9.53 Å². The van der Waals surface area contributed by atoms with Crippen LogP contribution in [-0.2, 0) is 11.2 Å². The lowest BCUT2D eigenvalue weighted by Gasteiger charge is -2.18. The van der Waals surface area contributed by atoms with Crippen LogP contribution >= 0.6 is 0 Å². The number of rotatable bonds is 7. The first kappa shape index (κ1) is 15.5. The van der Waals surface area contributed by atoms with Gasteiger partial charge < -0.3 is 10.1 Å². The van der Waals surface area contributed by atoms with E-state index < -0.39 is 6.10 Å². The largest absolute Gasteiger partial charge is 0.481 e. The molecule has 2 atom stereocenters. The number of hydrogen-bond acceptors (Lipinski definition) is 2. The second-order valence-corrected chi connectivity index (χ2v) is 4.96. The van der Waals surface area contributed by atoms with E-state index in [2.05, 4.69) is 25.2 Å². The van der Waals surface area contributed by atoms with Crippen molar-refractivity contribution in [2.24, 2.45) is 0 Å². The Bertz CT molecular complexity index is 403. The maximum absolute atomic E-state index is 12.0. The molecular weight excluding hydrogens is 238 g/mol. The highest BCUT2D eigenvalue weighted by Gasteiger charge is 2.16. The van der Waals surface area contributed by atoms with E-state index in [9.17, 15) is 4.79 Å². The molecule has 1 rings (SSSR count). The Hall–Kier alpha value is -1.51. The highest BCUT2D eigenvalue weighted by Crippen LogP contribution is 2.15. The van der Waals surface area contributed by atoms with E-state index in [1.165, 1.54) is 5.56 Å². The molecule has 3 heteroatoms. The topological polar surface area (TPSA) is 38.3 Å². The van der Waals surface area contributed by atoms with E-state index >= 15 is 0 Å². The number of nitrogens with one attached hydrogen (secondary N) is 1. The van der Waals surface area contributed by atoms with Crippen LogP contribution in [0.2, 0.25) is 0 Å². The third-order valence-corrected chi connectivity index (χ3v) is 3.10. The molecule has 106 valence electrons. The van der Waals surface area contributed by atoms with E-state index in [4.69, 9.17) is 4.74 Å². The molecular formula is C16H25NO2. The highest BCUT2D eigenvalue weighted by atomic mass is 16.5. The molecule has 0 radical (unpaired) electrons. The van der Waals surface area contributed by atoms with E-state index in [1.807, 2.05) is 25.1 Å². The number of amides is 1. The molecule has 0 aliphatic heterocycles. The van der Waals surface area contributed by atoms with Crippen molar-refractivity contribution in [3.05, 3.63) is 29.8 Å². The number of benzene rings is 1. The first-order valence-electron chi connectivity index (χ1n) is 7.12. The van der Waals surface area contributed by atoms with Gasteiger partial charge in [0.15, 0.2) is 6.10 Å². The van der Waals surface area contributed by atoms with Gasteiger partial charge in [0.2, 0.25) is 0 Å². The van der Waals surface area contributed by atoms with Gasteiger partial charge in [0.05, 0.1) is 0 Å². The van der Waals surface area contributed by atoms with Crippen LogP contribution in [-0.4, -0.2) is 18.1 Å². The SMILES string of the molecule is CCCC(C)NC(=O)C(C)Oc1cccc(CC)c1. The summed E-state index contributed by atoms with van der Waals surface area (Å²) < 4.78 is 5.69. The number of ether oxygens (including phenoxy) is 1. The second-order valence-electron chi connectivity index (χ2n) is 4.96. The third kappa shape index (κ3) is 5.33. The van der Waals surface area contributed by atoms with E-state index in [-0.39, 0.29) is 11.9 Å². The molecule has 0 spiro atoms. The Labute approximate surface area is 116 Å². The standard InChI is InChI=1S/C16H25NO2/c1-5-8-12(3)17-16(18)13(4)19-15-10-7-9-14(6-2)11-15/h7,9-13H,5-6,8H2,1-4H3,(H,17,18). The molecule has 0 heterocycles. The van der Waals surface area contributed by atoms with Gasteiger partial charge in [-0.25, -0.2) is 0 Å². The second kappa shape index (κ2) is 7.82. The molecule has 2 unspecified atom stereocenters. The Morgan fingerprint density at radius 1 is 1.32 bits per heavy atom. The number of carbonyl (C=O) groups excluding carboxylic acids is 1. The summed E-state index contributed by atoms with van der Waals surface area (Å²) in [5.74, 6) is 0.702. The van der Waals surface area contributed by atoms with Crippen molar-refractivity contribution in [2.75, 3.05) is 0 Å². The third-order valence-electron chi connectivity index (χ3n) is 3.10. The number of carbonyl (C=O) groups is 1. The predicted molar refractivity (Wildman–Crippen MR) is 78.4 cm³/mol. The van der Waals surface area contributed by atoms with Gasteiger partial charge in [-0.3, -0.25) is 4.79 Å². The maximum atomic E-state index is 12.0. The van der Waals surface area contributed by atoms with E-state index in [0.717, 1.165) is 25.0 Å². The molecule has 19 heavy (non-hydrogen) atoms. The van der Waals surface area contributed by atoms with Crippen LogP contribution in [0.5, 0.6) is 5.75 Å². The minimum atomic E-state index is -0.466. The molecule has 0 aliphatic carbocycles. The van der Waals surface area contributed by atoms with Gasteiger partial charge in [-0.1, -0.05) is 32.4 Å². The van der Waals surface area contributed by atoms with Crippen LogP contribution in [0, 0.1) is 0 Å². The fourth-order valence-electron chi connectivity index (χ4n) is 1.96. The summed E-state index contributed by atoms with van der Waals surface area (Å²) in [6, 6.07) is 8.09. The summed E-state index contributed by atoms with van der Waals surface area (Å²) in [5, 5.41) is 2.97. The van der Waals surface area contributed by atoms with Gasteiger partial charge >= 0.3 is 0 Å². The van der Waals surface area contributed by atoms with Gasteiger partial charge in [-0.2, -0.15) is 0 Å². The molecule has 0 bridgehead atoms. The highest BCUT2D eigenvalue weighted by molar-refractivity contribution is 5.80. The molecule has 1 aromatic rings. The van der Waals surface area contributed by atoms with E-state index in [1.54, 1.807) is 6.92 Å². The van der Waals surface area contributed by atoms with Crippen molar-refractivity contribution in [1.29, 1.82) is 0 Å². The zero-order valence-electron chi connectivity index (χ0n) is 12.4. The lowest BCUT2D eigenvalue weighted by Crippen LogP contribution is -2.41. The van der Waals surface area contributed by atoms with Crippen LogP contribution in [0.25, 0.3) is 0 Å². The lowest BCUT2D eigenvalue weighted by molar-refractivity contribution is -0.127. The summed E-state index contributed by atoms with van der Waals surface area (Å²) in [4.78, 5) is 12.0. The fraction of sp³-hybridized carbons (Fsp3) is 0.562. The van der Waals surface area contributed by atoms with E-state index in [0.29, 0.717) is 0 Å². The Balaban J connectivity index is 2.53. The maximum Gasteiger partial charge on any atom is 0.260 e. The molecule has 0 aliphatic rings. The smallest absolute Gasteiger partial charge is 0.260 e. The minimum Gasteiger partial charge on any atom is -0.481 e. The lowest BCUT2D eigenvalue weighted by atomic mass is 10.1. The minimum absolute atomic E-state index is 0.0529. The number of aryl methyl sites for hydroxylation is 1. The average Bonchev–Trinajstić information content (AvgIpc) is 2.39.